The van der Waals surface area contributed by atoms with Gasteiger partial charge in [0.1, 0.15) is 4.83 Å². The van der Waals surface area contributed by atoms with E-state index in [1.807, 2.05) is 33.8 Å². The maximum absolute atomic E-state index is 14.6. The first-order valence-corrected chi connectivity index (χ1v) is 10.5. The molecule has 3 aromatic rings. The zero-order valence-corrected chi connectivity index (χ0v) is 19.3. The van der Waals surface area contributed by atoms with Crippen LogP contribution in [0.4, 0.5) is 10.1 Å². The highest BCUT2D eigenvalue weighted by atomic mass is 35.5. The molecule has 2 heterocycles. The quantitative estimate of drug-likeness (QED) is 0.390. The Kier molecular flexibility index (Phi) is 6.09. The van der Waals surface area contributed by atoms with Crippen molar-refractivity contribution in [2.45, 2.75) is 46.3 Å². The molecule has 2 N–H and O–H groups in total. The summed E-state index contributed by atoms with van der Waals surface area (Å²) in [5.74, 6) is -1.28. The molecule has 0 saturated heterocycles. The van der Waals surface area contributed by atoms with Crippen LogP contribution in [0.3, 0.4) is 0 Å². The number of hydrogen-bond donors (Lipinski definition) is 1. The number of carbonyl (C=O) groups is 1. The van der Waals surface area contributed by atoms with Crippen molar-refractivity contribution < 1.29 is 18.7 Å². The zero-order valence-electron chi connectivity index (χ0n) is 17.7. The van der Waals surface area contributed by atoms with Crippen LogP contribution in [0.25, 0.3) is 21.3 Å². The highest BCUT2D eigenvalue weighted by Crippen LogP contribution is 2.45. The van der Waals surface area contributed by atoms with Crippen LogP contribution in [-0.4, -0.2) is 23.7 Å². The summed E-state index contributed by atoms with van der Waals surface area (Å²) in [5.41, 5.74) is 7.06. The van der Waals surface area contributed by atoms with Crippen molar-refractivity contribution in [3.05, 3.63) is 45.2 Å². The molecule has 0 bridgehead atoms. The normalized spacial score (nSPS) is 12.9. The predicted octanol–water partition coefficient (Wildman–Crippen LogP) is 5.98. The van der Waals surface area contributed by atoms with Crippen LogP contribution >= 0.6 is 22.9 Å². The molecule has 5 nitrogen and oxygen atoms in total. The number of halogens is 2. The Morgan fingerprint density at radius 3 is 2.57 bits per heavy atom. The van der Waals surface area contributed by atoms with Gasteiger partial charge >= 0.3 is 5.97 Å². The van der Waals surface area contributed by atoms with E-state index < -0.39 is 23.5 Å². The number of rotatable bonds is 4. The number of anilines is 1. The number of aromatic nitrogens is 1. The first kappa shape index (κ1) is 22.5. The van der Waals surface area contributed by atoms with Crippen molar-refractivity contribution >= 4 is 44.8 Å². The largest absolute Gasteiger partial charge is 0.467 e. The van der Waals surface area contributed by atoms with E-state index >= 15 is 0 Å². The SMILES string of the molecule is COC(=O)[C@@H](OC(C)(C)C)c1c(C)nc2sc(C)cc2c1-c1ccc(N)c(F)c1Cl. The second-order valence-corrected chi connectivity index (χ2v) is 9.64. The minimum Gasteiger partial charge on any atom is -0.467 e. The van der Waals surface area contributed by atoms with E-state index in [0.717, 1.165) is 15.1 Å². The van der Waals surface area contributed by atoms with Crippen molar-refractivity contribution in [2.75, 3.05) is 12.8 Å². The molecular weight excluding hydrogens is 427 g/mol. The van der Waals surface area contributed by atoms with Crippen LogP contribution in [-0.2, 0) is 14.3 Å². The third-order valence-electron chi connectivity index (χ3n) is 4.56. The Hall–Kier alpha value is -2.22. The third-order valence-corrected chi connectivity index (χ3v) is 5.88. The molecule has 30 heavy (non-hydrogen) atoms. The van der Waals surface area contributed by atoms with Gasteiger partial charge in [0, 0.05) is 32.6 Å². The third kappa shape index (κ3) is 4.15. The summed E-state index contributed by atoms with van der Waals surface area (Å²) in [5, 5.41) is 0.641. The summed E-state index contributed by atoms with van der Waals surface area (Å²) in [6, 6.07) is 5.05. The van der Waals surface area contributed by atoms with Gasteiger partial charge in [-0.2, -0.15) is 0 Å². The van der Waals surface area contributed by atoms with E-state index in [1.165, 1.54) is 24.5 Å². The maximum Gasteiger partial charge on any atom is 0.339 e. The average molecular weight is 451 g/mol. The van der Waals surface area contributed by atoms with E-state index in [-0.39, 0.29) is 10.7 Å². The lowest BCUT2D eigenvalue weighted by Crippen LogP contribution is -2.29. The van der Waals surface area contributed by atoms with Gasteiger partial charge in [0.25, 0.3) is 0 Å². The van der Waals surface area contributed by atoms with Gasteiger partial charge in [0.15, 0.2) is 11.9 Å². The molecule has 0 saturated carbocycles. The second-order valence-electron chi connectivity index (χ2n) is 8.03. The number of nitrogen functional groups attached to an aromatic ring is 1. The average Bonchev–Trinajstić information content (AvgIpc) is 3.02. The number of benzene rings is 1. The molecule has 0 amide bonds. The Bertz CT molecular complexity index is 1140. The van der Waals surface area contributed by atoms with Gasteiger partial charge in [-0.3, -0.25) is 0 Å². The Morgan fingerprint density at radius 1 is 1.30 bits per heavy atom. The lowest BCUT2D eigenvalue weighted by molar-refractivity contribution is -0.164. The van der Waals surface area contributed by atoms with Gasteiger partial charge in [0.05, 0.1) is 23.4 Å². The van der Waals surface area contributed by atoms with Gasteiger partial charge in [-0.05, 0) is 46.8 Å². The van der Waals surface area contributed by atoms with Crippen LogP contribution in [0, 0.1) is 19.7 Å². The number of thiophene rings is 1. The minimum absolute atomic E-state index is 0.0516. The molecule has 1 aromatic carbocycles. The van der Waals surface area contributed by atoms with Gasteiger partial charge in [0.2, 0.25) is 0 Å². The topological polar surface area (TPSA) is 74.4 Å². The van der Waals surface area contributed by atoms with Crippen molar-refractivity contribution in [2.24, 2.45) is 0 Å². The van der Waals surface area contributed by atoms with Crippen molar-refractivity contribution in [1.82, 2.24) is 4.98 Å². The molecule has 0 aliphatic heterocycles. The number of methoxy groups -OCH3 is 1. The van der Waals surface area contributed by atoms with E-state index in [4.69, 9.17) is 26.8 Å². The highest BCUT2D eigenvalue weighted by molar-refractivity contribution is 7.18. The number of ether oxygens (including phenoxy) is 2. The fraction of sp³-hybridized carbons (Fsp3) is 0.364. The first-order chi connectivity index (χ1) is 13.9. The molecule has 0 radical (unpaired) electrons. The molecule has 160 valence electrons. The van der Waals surface area contributed by atoms with E-state index in [9.17, 15) is 9.18 Å². The monoisotopic (exact) mass is 450 g/mol. The summed E-state index contributed by atoms with van der Waals surface area (Å²) in [6.45, 7) is 9.27. The molecule has 8 heteroatoms. The smallest absolute Gasteiger partial charge is 0.339 e. The highest BCUT2D eigenvalue weighted by Gasteiger charge is 2.34. The number of nitrogens with zero attached hydrogens (tertiary/aromatic N) is 1. The van der Waals surface area contributed by atoms with Crippen LogP contribution in [0.15, 0.2) is 18.2 Å². The van der Waals surface area contributed by atoms with Crippen molar-refractivity contribution in [1.29, 1.82) is 0 Å². The number of nitrogens with two attached hydrogens (primary N) is 1. The number of pyridine rings is 1. The number of aryl methyl sites for hydroxylation is 2. The Labute approximate surface area is 184 Å². The van der Waals surface area contributed by atoms with Crippen LogP contribution in [0.1, 0.15) is 43.0 Å². The maximum atomic E-state index is 14.6. The number of hydrogen-bond acceptors (Lipinski definition) is 6. The zero-order chi connectivity index (χ0) is 22.4. The van der Waals surface area contributed by atoms with Gasteiger partial charge in [-0.1, -0.05) is 17.7 Å². The molecule has 0 aliphatic carbocycles. The number of fused-ring (bicyclic) bond motifs is 1. The van der Waals surface area contributed by atoms with E-state index in [2.05, 4.69) is 4.98 Å². The first-order valence-electron chi connectivity index (χ1n) is 9.34. The summed E-state index contributed by atoms with van der Waals surface area (Å²) in [6.07, 6.45) is -1.07. The Morgan fingerprint density at radius 2 is 1.97 bits per heavy atom. The fourth-order valence-corrected chi connectivity index (χ4v) is 4.56. The molecule has 0 aliphatic rings. The minimum atomic E-state index is -1.07. The fourth-order valence-electron chi connectivity index (χ4n) is 3.36. The van der Waals surface area contributed by atoms with Gasteiger partial charge < -0.3 is 15.2 Å². The molecule has 0 unspecified atom stereocenters. The molecule has 3 rings (SSSR count). The molecule has 2 aromatic heterocycles. The second kappa shape index (κ2) is 8.13. The molecule has 0 spiro atoms. The van der Waals surface area contributed by atoms with E-state index in [0.29, 0.717) is 22.4 Å². The number of carbonyl (C=O) groups excluding carboxylic acids is 1. The summed E-state index contributed by atoms with van der Waals surface area (Å²) in [4.78, 5) is 19.2. The summed E-state index contributed by atoms with van der Waals surface area (Å²) < 4.78 is 25.7. The van der Waals surface area contributed by atoms with E-state index in [1.54, 1.807) is 13.0 Å². The van der Waals surface area contributed by atoms with Gasteiger partial charge in [-0.15, -0.1) is 11.3 Å². The Balaban J connectivity index is 2.45. The molecule has 0 fully saturated rings. The van der Waals surface area contributed by atoms with Crippen LogP contribution in [0.2, 0.25) is 5.02 Å². The van der Waals surface area contributed by atoms with Crippen LogP contribution < -0.4 is 5.73 Å². The van der Waals surface area contributed by atoms with Crippen molar-refractivity contribution in [3.63, 3.8) is 0 Å². The number of esters is 1. The van der Waals surface area contributed by atoms with Crippen molar-refractivity contribution in [3.8, 4) is 11.1 Å². The lowest BCUT2D eigenvalue weighted by Gasteiger charge is -2.28. The summed E-state index contributed by atoms with van der Waals surface area (Å²) >= 11 is 7.89. The molecular formula is C22H24ClFN2O3S. The lowest BCUT2D eigenvalue weighted by atomic mass is 9.92. The van der Waals surface area contributed by atoms with Gasteiger partial charge in [-0.25, -0.2) is 14.2 Å². The molecule has 1 atom stereocenters. The summed E-state index contributed by atoms with van der Waals surface area (Å²) in [7, 11) is 1.30. The van der Waals surface area contributed by atoms with Crippen LogP contribution in [0.5, 0.6) is 0 Å². The standard InChI is InChI=1S/C22H24ClFN2O3S/c1-10-9-13-16(12-7-8-14(25)18(24)17(12)23)15(11(2)26-20(13)30-10)19(21(27)28-6)29-22(3,4)5/h7-9,19H,25H2,1-6H3/t19-/m0/s1. The predicted molar refractivity (Wildman–Crippen MR) is 120 cm³/mol.